The molecule has 6 nitrogen and oxygen atoms in total. The molecule has 0 saturated carbocycles. The first-order chi connectivity index (χ1) is 12.6. The van der Waals surface area contributed by atoms with E-state index >= 15 is 0 Å². The summed E-state index contributed by atoms with van der Waals surface area (Å²) < 4.78 is 79.7. The highest BCUT2D eigenvalue weighted by atomic mass is 32.2. The summed E-state index contributed by atoms with van der Waals surface area (Å²) in [5.74, 6) is -1.91. The molecular weight excluding hydrogens is 389 g/mol. The molecule has 2 aliphatic rings. The van der Waals surface area contributed by atoms with Gasteiger partial charge >= 0.3 is 11.5 Å². The van der Waals surface area contributed by atoms with E-state index in [1.807, 2.05) is 0 Å². The number of alkyl halides is 3. The van der Waals surface area contributed by atoms with Crippen LogP contribution in [0.15, 0.2) is 17.0 Å². The van der Waals surface area contributed by atoms with Crippen LogP contribution in [0.1, 0.15) is 36.5 Å². The van der Waals surface area contributed by atoms with E-state index < -0.39 is 32.0 Å². The Morgan fingerprint density at radius 3 is 2.52 bits per heavy atom. The number of aryl methyl sites for hydroxylation is 1. The number of ether oxygens (including phenoxy) is 3. The summed E-state index contributed by atoms with van der Waals surface area (Å²) in [5.41, 5.74) is -4.49. The van der Waals surface area contributed by atoms with Gasteiger partial charge in [0.15, 0.2) is 5.79 Å². The predicted octanol–water partition coefficient (Wildman–Crippen LogP) is 2.62. The van der Waals surface area contributed by atoms with Crippen molar-refractivity contribution in [2.24, 2.45) is 0 Å². The lowest BCUT2D eigenvalue weighted by atomic mass is 9.98. The Balaban J connectivity index is 2.08. The van der Waals surface area contributed by atoms with Crippen LogP contribution in [-0.4, -0.2) is 39.7 Å². The normalized spacial score (nSPS) is 18.7. The largest absolute Gasteiger partial charge is 0.501 e. The molecule has 27 heavy (non-hydrogen) atoms. The first-order valence-electron chi connectivity index (χ1n) is 8.52. The molecule has 0 radical (unpaired) electrons. The second-order valence-electron chi connectivity index (χ2n) is 6.28. The summed E-state index contributed by atoms with van der Waals surface area (Å²) in [4.78, 5) is 10.8. The standard InChI is InChI=1S/C17H19F3O6S/c1-2-24-14(21)6-4-11-3-5-13(27(22,23)17(18,19)20)15-12(11)7-8-16(15)25-9-10-26-16/h3,5H,2,4,6-10H2,1H3. The Morgan fingerprint density at radius 2 is 1.93 bits per heavy atom. The Labute approximate surface area is 154 Å². The SMILES string of the molecule is CCOC(=O)CCc1ccc(S(=O)(=O)C(F)(F)F)c2c1CCC21OCCO1. The smallest absolute Gasteiger partial charge is 0.466 e. The van der Waals surface area contributed by atoms with Crippen molar-refractivity contribution in [3.05, 3.63) is 28.8 Å². The van der Waals surface area contributed by atoms with Crippen LogP contribution >= 0.6 is 0 Å². The van der Waals surface area contributed by atoms with E-state index in [1.54, 1.807) is 6.92 Å². The van der Waals surface area contributed by atoms with Gasteiger partial charge in [-0.2, -0.15) is 13.2 Å². The molecule has 1 aromatic rings. The molecule has 0 bridgehead atoms. The number of carbonyl (C=O) groups excluding carboxylic acids is 1. The second-order valence-corrected chi connectivity index (χ2v) is 8.19. The highest BCUT2D eigenvalue weighted by Crippen LogP contribution is 2.49. The van der Waals surface area contributed by atoms with Crippen molar-refractivity contribution in [3.63, 3.8) is 0 Å². The number of sulfone groups is 1. The number of esters is 1. The molecule has 1 aliphatic heterocycles. The Morgan fingerprint density at radius 1 is 1.26 bits per heavy atom. The maximum absolute atomic E-state index is 13.2. The molecule has 0 unspecified atom stereocenters. The van der Waals surface area contributed by atoms with Gasteiger partial charge in [0.25, 0.3) is 9.84 Å². The zero-order valence-electron chi connectivity index (χ0n) is 14.6. The van der Waals surface area contributed by atoms with Gasteiger partial charge in [-0.05, 0) is 37.0 Å². The van der Waals surface area contributed by atoms with Crippen LogP contribution in [0.4, 0.5) is 13.2 Å². The number of carbonyl (C=O) groups is 1. The van der Waals surface area contributed by atoms with Gasteiger partial charge in [-0.3, -0.25) is 4.79 Å². The third-order valence-electron chi connectivity index (χ3n) is 4.71. The van der Waals surface area contributed by atoms with E-state index in [0.29, 0.717) is 17.5 Å². The zero-order chi connectivity index (χ0) is 19.9. The third kappa shape index (κ3) is 3.45. The van der Waals surface area contributed by atoms with E-state index in [2.05, 4.69) is 0 Å². The van der Waals surface area contributed by atoms with Gasteiger partial charge in [-0.25, -0.2) is 8.42 Å². The number of hydrogen-bond donors (Lipinski definition) is 0. The Hall–Kier alpha value is -1.65. The summed E-state index contributed by atoms with van der Waals surface area (Å²) in [6.07, 6.45) is 0.789. The van der Waals surface area contributed by atoms with Gasteiger partial charge in [0.1, 0.15) is 0 Å². The van der Waals surface area contributed by atoms with Gasteiger partial charge in [0.2, 0.25) is 0 Å². The van der Waals surface area contributed by atoms with Gasteiger partial charge in [0, 0.05) is 18.4 Å². The van der Waals surface area contributed by atoms with E-state index in [1.165, 1.54) is 6.07 Å². The number of benzene rings is 1. The highest BCUT2D eigenvalue weighted by molar-refractivity contribution is 7.92. The molecule has 1 spiro atoms. The van der Waals surface area contributed by atoms with E-state index in [9.17, 15) is 26.4 Å². The Kier molecular flexibility index (Phi) is 5.26. The first-order valence-corrected chi connectivity index (χ1v) is 10.0. The van der Waals surface area contributed by atoms with E-state index in [-0.39, 0.29) is 44.6 Å². The van der Waals surface area contributed by atoms with Crippen LogP contribution in [0.25, 0.3) is 0 Å². The quantitative estimate of drug-likeness (QED) is 0.697. The molecular formula is C17H19F3O6S. The molecule has 0 atom stereocenters. The maximum Gasteiger partial charge on any atom is 0.501 e. The average molecular weight is 408 g/mol. The third-order valence-corrected chi connectivity index (χ3v) is 6.24. The summed E-state index contributed by atoms with van der Waals surface area (Å²) >= 11 is 0. The molecule has 1 saturated heterocycles. The van der Waals surface area contributed by atoms with Crippen LogP contribution in [0.2, 0.25) is 0 Å². The van der Waals surface area contributed by atoms with Crippen molar-refractivity contribution < 1.29 is 40.6 Å². The molecule has 150 valence electrons. The predicted molar refractivity (Wildman–Crippen MR) is 86.5 cm³/mol. The second kappa shape index (κ2) is 7.06. The van der Waals surface area contributed by atoms with Gasteiger partial charge in [0.05, 0.1) is 24.7 Å². The zero-order valence-corrected chi connectivity index (χ0v) is 15.4. The van der Waals surface area contributed by atoms with Crippen LogP contribution < -0.4 is 0 Å². The summed E-state index contributed by atoms with van der Waals surface area (Å²) in [6.45, 7) is 2.23. The maximum atomic E-state index is 13.2. The topological polar surface area (TPSA) is 78.9 Å². The van der Waals surface area contributed by atoms with Crippen LogP contribution in [-0.2, 0) is 47.5 Å². The molecule has 1 heterocycles. The lowest BCUT2D eigenvalue weighted by molar-refractivity contribution is -0.164. The van der Waals surface area contributed by atoms with Crippen molar-refractivity contribution in [1.29, 1.82) is 0 Å². The molecule has 10 heteroatoms. The number of rotatable bonds is 5. The number of hydrogen-bond acceptors (Lipinski definition) is 6. The van der Waals surface area contributed by atoms with Gasteiger partial charge < -0.3 is 14.2 Å². The minimum Gasteiger partial charge on any atom is -0.466 e. The fraction of sp³-hybridized carbons (Fsp3) is 0.588. The lowest BCUT2D eigenvalue weighted by Gasteiger charge is -2.26. The molecule has 1 aliphatic carbocycles. The van der Waals surface area contributed by atoms with E-state index in [4.69, 9.17) is 14.2 Å². The molecule has 1 fully saturated rings. The summed E-state index contributed by atoms with van der Waals surface area (Å²) in [6, 6.07) is 2.25. The van der Waals surface area contributed by atoms with Crippen LogP contribution in [0, 0.1) is 0 Å². The lowest BCUT2D eigenvalue weighted by Crippen LogP contribution is -2.30. The molecule has 0 amide bonds. The van der Waals surface area contributed by atoms with Crippen LogP contribution in [0.3, 0.4) is 0 Å². The summed E-state index contributed by atoms with van der Waals surface area (Å²) in [5, 5.41) is 0. The molecule has 0 aromatic heterocycles. The van der Waals surface area contributed by atoms with Crippen molar-refractivity contribution >= 4 is 15.8 Å². The van der Waals surface area contributed by atoms with Crippen molar-refractivity contribution in [2.45, 2.75) is 48.8 Å². The highest BCUT2D eigenvalue weighted by Gasteiger charge is 2.54. The Bertz CT molecular complexity index is 841. The fourth-order valence-corrected chi connectivity index (χ4v) is 4.63. The monoisotopic (exact) mass is 408 g/mol. The molecule has 3 rings (SSSR count). The average Bonchev–Trinajstić information content (AvgIpc) is 3.21. The van der Waals surface area contributed by atoms with Gasteiger partial charge in [-0.15, -0.1) is 0 Å². The fourth-order valence-electron chi connectivity index (χ4n) is 3.58. The van der Waals surface area contributed by atoms with E-state index in [0.717, 1.165) is 6.07 Å². The van der Waals surface area contributed by atoms with Gasteiger partial charge in [-0.1, -0.05) is 6.07 Å². The van der Waals surface area contributed by atoms with Crippen molar-refractivity contribution in [2.75, 3.05) is 19.8 Å². The number of halogens is 3. The number of fused-ring (bicyclic) bond motifs is 2. The van der Waals surface area contributed by atoms with Crippen molar-refractivity contribution in [3.8, 4) is 0 Å². The minimum atomic E-state index is -5.57. The molecule has 1 aromatic carbocycles. The van der Waals surface area contributed by atoms with Crippen LogP contribution in [0.5, 0.6) is 0 Å². The minimum absolute atomic E-state index is 0.0420. The molecule has 0 N–H and O–H groups in total. The first kappa shape index (κ1) is 20.1. The summed E-state index contributed by atoms with van der Waals surface area (Å²) in [7, 11) is -5.57. The van der Waals surface area contributed by atoms with Crippen molar-refractivity contribution in [1.82, 2.24) is 0 Å².